The van der Waals surface area contributed by atoms with E-state index in [4.69, 9.17) is 28.3 Å². The van der Waals surface area contributed by atoms with E-state index in [0.29, 0.717) is 22.9 Å². The molecule has 5 nitrogen and oxygen atoms in total. The van der Waals surface area contributed by atoms with Crippen molar-refractivity contribution in [3.63, 3.8) is 0 Å². The number of nitrogens with zero attached hydrogens (tertiary/aromatic N) is 1. The van der Waals surface area contributed by atoms with Crippen LogP contribution in [-0.4, -0.2) is 34.7 Å². The van der Waals surface area contributed by atoms with Crippen LogP contribution in [0.4, 0.5) is 0 Å². The SMILES string of the molecule is CN(C(=O)CCCCCCC(=O)CCC(=O)O)[C@H]1CC[C@@H](c2ccc(Cl)c(Cl)c2)c2ccccc21. The highest BCUT2D eigenvalue weighted by Gasteiger charge is 2.32. The zero-order valence-corrected chi connectivity index (χ0v) is 21.7. The molecule has 1 amide bonds. The number of carboxylic acid groups (broad SMARTS) is 1. The molecule has 0 aliphatic heterocycles. The zero-order valence-electron chi connectivity index (χ0n) is 20.1. The first-order chi connectivity index (χ1) is 16.8. The Balaban J connectivity index is 1.52. The highest BCUT2D eigenvalue weighted by molar-refractivity contribution is 6.42. The Kier molecular flexibility index (Phi) is 10.2. The number of carbonyl (C=O) groups excluding carboxylic acids is 2. The molecule has 7 heteroatoms. The van der Waals surface area contributed by atoms with Crippen LogP contribution in [0.3, 0.4) is 0 Å². The Labute approximate surface area is 217 Å². The third-order valence-electron chi connectivity index (χ3n) is 6.88. The summed E-state index contributed by atoms with van der Waals surface area (Å²) in [5.41, 5.74) is 3.56. The Hall–Kier alpha value is -2.37. The second kappa shape index (κ2) is 13.1. The molecule has 1 aliphatic rings. The summed E-state index contributed by atoms with van der Waals surface area (Å²) in [6.45, 7) is 0. The van der Waals surface area contributed by atoms with Gasteiger partial charge in [0.15, 0.2) is 0 Å². The third kappa shape index (κ3) is 7.55. The number of Topliss-reactive ketones (excluding diaryl/α,β-unsaturated/α-hetero) is 1. The van der Waals surface area contributed by atoms with Gasteiger partial charge in [-0.25, -0.2) is 0 Å². The van der Waals surface area contributed by atoms with Gasteiger partial charge in [-0.1, -0.05) is 66.4 Å². The van der Waals surface area contributed by atoms with Gasteiger partial charge in [-0.2, -0.15) is 0 Å². The maximum Gasteiger partial charge on any atom is 0.303 e. The fourth-order valence-corrected chi connectivity index (χ4v) is 5.22. The maximum atomic E-state index is 13.0. The topological polar surface area (TPSA) is 74.7 Å². The van der Waals surface area contributed by atoms with Gasteiger partial charge in [0.25, 0.3) is 0 Å². The third-order valence-corrected chi connectivity index (χ3v) is 7.62. The number of fused-ring (bicyclic) bond motifs is 1. The predicted molar refractivity (Wildman–Crippen MR) is 139 cm³/mol. The average molecular weight is 518 g/mol. The molecule has 3 rings (SSSR count). The molecule has 2 aromatic carbocycles. The van der Waals surface area contributed by atoms with Gasteiger partial charge in [-0.15, -0.1) is 0 Å². The number of ketones is 1. The van der Waals surface area contributed by atoms with Gasteiger partial charge in [0.1, 0.15) is 5.78 Å². The summed E-state index contributed by atoms with van der Waals surface area (Å²) in [6, 6.07) is 14.2. The van der Waals surface area contributed by atoms with Gasteiger partial charge in [0.2, 0.25) is 5.91 Å². The molecule has 0 aromatic heterocycles. The normalized spacial score (nSPS) is 17.0. The highest BCUT2D eigenvalue weighted by Crippen LogP contribution is 2.44. The molecule has 2 aromatic rings. The predicted octanol–water partition coefficient (Wildman–Crippen LogP) is 7.19. The second-order valence-corrected chi connectivity index (χ2v) is 10.1. The van der Waals surface area contributed by atoms with Crippen molar-refractivity contribution in [2.75, 3.05) is 7.05 Å². The molecule has 0 unspecified atom stereocenters. The molecular weight excluding hydrogens is 485 g/mol. The molecule has 35 heavy (non-hydrogen) atoms. The first kappa shape index (κ1) is 27.2. The summed E-state index contributed by atoms with van der Waals surface area (Å²) in [5.74, 6) is -0.584. The molecule has 0 saturated heterocycles. The lowest BCUT2D eigenvalue weighted by Crippen LogP contribution is -2.34. The van der Waals surface area contributed by atoms with Crippen LogP contribution in [0.1, 0.15) is 92.9 Å². The van der Waals surface area contributed by atoms with E-state index < -0.39 is 5.97 Å². The molecule has 0 heterocycles. The fourth-order valence-electron chi connectivity index (χ4n) is 4.92. The number of carbonyl (C=O) groups is 3. The molecule has 0 saturated carbocycles. The van der Waals surface area contributed by atoms with E-state index in [9.17, 15) is 14.4 Å². The Bertz CT molecular complexity index is 1060. The smallest absolute Gasteiger partial charge is 0.303 e. The van der Waals surface area contributed by atoms with Crippen molar-refractivity contribution < 1.29 is 19.5 Å². The first-order valence-corrected chi connectivity index (χ1v) is 13.1. The Morgan fingerprint density at radius 2 is 1.54 bits per heavy atom. The Morgan fingerprint density at radius 1 is 0.857 bits per heavy atom. The summed E-state index contributed by atoms with van der Waals surface area (Å²) in [4.78, 5) is 37.0. The van der Waals surface area contributed by atoms with Crippen LogP contribution in [0.25, 0.3) is 0 Å². The Morgan fingerprint density at radius 3 is 2.23 bits per heavy atom. The lowest BCUT2D eigenvalue weighted by Gasteiger charge is -2.37. The number of halogens is 2. The molecule has 0 spiro atoms. The van der Waals surface area contributed by atoms with E-state index in [2.05, 4.69) is 12.1 Å². The van der Waals surface area contributed by atoms with Crippen molar-refractivity contribution in [1.29, 1.82) is 0 Å². The van der Waals surface area contributed by atoms with Crippen molar-refractivity contribution in [1.82, 2.24) is 4.90 Å². The van der Waals surface area contributed by atoms with Gasteiger partial charge in [0.05, 0.1) is 22.5 Å². The van der Waals surface area contributed by atoms with Gasteiger partial charge >= 0.3 is 5.97 Å². The highest BCUT2D eigenvalue weighted by atomic mass is 35.5. The van der Waals surface area contributed by atoms with Crippen LogP contribution in [0.5, 0.6) is 0 Å². The molecule has 188 valence electrons. The number of rotatable bonds is 12. The van der Waals surface area contributed by atoms with Crippen LogP contribution in [0.15, 0.2) is 42.5 Å². The van der Waals surface area contributed by atoms with E-state index in [1.54, 1.807) is 0 Å². The van der Waals surface area contributed by atoms with E-state index in [1.165, 1.54) is 11.1 Å². The maximum absolute atomic E-state index is 13.0. The van der Waals surface area contributed by atoms with E-state index in [0.717, 1.165) is 44.1 Å². The van der Waals surface area contributed by atoms with E-state index >= 15 is 0 Å². The molecule has 1 N–H and O–H groups in total. The minimum Gasteiger partial charge on any atom is -0.481 e. The van der Waals surface area contributed by atoms with Crippen LogP contribution in [0, 0.1) is 0 Å². The van der Waals surface area contributed by atoms with Crippen molar-refractivity contribution >= 4 is 40.9 Å². The minimum atomic E-state index is -0.938. The molecular formula is C28H33Cl2NO4. The number of aliphatic carboxylic acids is 1. The largest absolute Gasteiger partial charge is 0.481 e. The van der Waals surface area contributed by atoms with Crippen LogP contribution in [0.2, 0.25) is 10.0 Å². The van der Waals surface area contributed by atoms with Crippen molar-refractivity contribution in [2.45, 2.75) is 76.2 Å². The number of unbranched alkanes of at least 4 members (excludes halogenated alkanes) is 3. The van der Waals surface area contributed by atoms with Crippen LogP contribution in [-0.2, 0) is 14.4 Å². The summed E-state index contributed by atoms with van der Waals surface area (Å²) in [5, 5.41) is 9.74. The second-order valence-electron chi connectivity index (χ2n) is 9.30. The molecule has 1 aliphatic carbocycles. The summed E-state index contributed by atoms with van der Waals surface area (Å²) >= 11 is 12.4. The molecule has 0 fully saturated rings. The van der Waals surface area contributed by atoms with Crippen LogP contribution >= 0.6 is 23.2 Å². The molecule has 0 radical (unpaired) electrons. The monoisotopic (exact) mass is 517 g/mol. The van der Waals surface area contributed by atoms with Crippen molar-refractivity contribution in [3.8, 4) is 0 Å². The van der Waals surface area contributed by atoms with Gasteiger partial charge < -0.3 is 10.0 Å². The van der Waals surface area contributed by atoms with Crippen LogP contribution < -0.4 is 0 Å². The fraction of sp³-hybridized carbons (Fsp3) is 0.464. The zero-order chi connectivity index (χ0) is 25.4. The number of carboxylic acids is 1. The number of benzene rings is 2. The number of amides is 1. The van der Waals surface area contributed by atoms with Crippen molar-refractivity contribution in [3.05, 3.63) is 69.2 Å². The van der Waals surface area contributed by atoms with E-state index in [-0.39, 0.29) is 36.5 Å². The quantitative estimate of drug-likeness (QED) is 0.302. The first-order valence-electron chi connectivity index (χ1n) is 12.3. The summed E-state index contributed by atoms with van der Waals surface area (Å²) in [6.07, 6.45) is 5.99. The summed E-state index contributed by atoms with van der Waals surface area (Å²) < 4.78 is 0. The number of hydrogen-bond donors (Lipinski definition) is 1. The average Bonchev–Trinajstić information content (AvgIpc) is 2.85. The molecule has 2 atom stereocenters. The van der Waals surface area contributed by atoms with Crippen molar-refractivity contribution in [2.24, 2.45) is 0 Å². The number of hydrogen-bond acceptors (Lipinski definition) is 3. The van der Waals surface area contributed by atoms with E-state index in [1.807, 2.05) is 42.3 Å². The lowest BCUT2D eigenvalue weighted by molar-refractivity contribution is -0.138. The molecule has 0 bridgehead atoms. The van der Waals surface area contributed by atoms with Gasteiger partial charge in [-0.3, -0.25) is 14.4 Å². The summed E-state index contributed by atoms with van der Waals surface area (Å²) in [7, 11) is 1.89. The standard InChI is InChI=1S/C28H33Cl2NO4/c1-31(27(33)11-5-3-2-4-8-20(32)13-17-28(34)35)26-16-14-21(22-9-6-7-10-23(22)26)19-12-15-24(29)25(30)18-19/h6-7,9-10,12,15,18,21,26H,2-5,8,11,13-14,16-17H2,1H3,(H,34,35)/t21-,26-/m0/s1. The van der Waals surface area contributed by atoms with Gasteiger partial charge in [-0.05, 0) is 54.5 Å². The van der Waals surface area contributed by atoms with Gasteiger partial charge in [0, 0.05) is 32.2 Å². The minimum absolute atomic E-state index is 0.00153. The lowest BCUT2D eigenvalue weighted by atomic mass is 9.76.